The molecule has 162 valence electrons. The van der Waals surface area contributed by atoms with Crippen molar-refractivity contribution in [1.82, 2.24) is 0 Å². The standard InChI is InChI=1S/C23H47NO3/c1-5-6-7-8-9-10-11-12-13-14-15-16-19-23(2,27)21-24(3,4)20-17-18-22(25)26/h27H,5-21H2,1-4H3. The first-order chi connectivity index (χ1) is 12.7. The third-order valence-electron chi connectivity index (χ3n) is 5.48. The fourth-order valence-electron chi connectivity index (χ4n) is 4.08. The second-order valence-electron chi connectivity index (χ2n) is 9.43. The number of hydrogen-bond acceptors (Lipinski definition) is 3. The van der Waals surface area contributed by atoms with Gasteiger partial charge in [-0.25, -0.2) is 0 Å². The molecule has 0 aliphatic heterocycles. The second kappa shape index (κ2) is 15.3. The van der Waals surface area contributed by atoms with E-state index in [0.717, 1.165) is 19.4 Å². The second-order valence-corrected chi connectivity index (χ2v) is 9.43. The van der Waals surface area contributed by atoms with Crippen molar-refractivity contribution in [3.05, 3.63) is 0 Å². The van der Waals surface area contributed by atoms with Crippen LogP contribution in [0.25, 0.3) is 0 Å². The summed E-state index contributed by atoms with van der Waals surface area (Å²) < 4.78 is 0.651. The minimum atomic E-state index is -0.988. The number of hydrogen-bond donors (Lipinski definition) is 1. The van der Waals surface area contributed by atoms with E-state index in [1.807, 2.05) is 6.92 Å². The molecule has 0 amide bonds. The van der Waals surface area contributed by atoms with Crippen LogP contribution in [-0.2, 0) is 4.79 Å². The number of carbonyl (C=O) groups excluding carboxylic acids is 1. The minimum absolute atomic E-state index is 0.0998. The summed E-state index contributed by atoms with van der Waals surface area (Å²) in [6, 6.07) is 0. The highest BCUT2D eigenvalue weighted by Gasteiger charge is 2.29. The molecule has 0 saturated carbocycles. The lowest BCUT2D eigenvalue weighted by atomic mass is 9.96. The van der Waals surface area contributed by atoms with Gasteiger partial charge in [0.1, 0.15) is 12.1 Å². The summed E-state index contributed by atoms with van der Waals surface area (Å²) >= 11 is 0. The van der Waals surface area contributed by atoms with E-state index < -0.39 is 11.6 Å². The summed E-state index contributed by atoms with van der Waals surface area (Å²) in [7, 11) is 4.12. The van der Waals surface area contributed by atoms with Crippen LogP contribution in [0.5, 0.6) is 0 Å². The van der Waals surface area contributed by atoms with Gasteiger partial charge in [-0.15, -0.1) is 0 Å². The van der Waals surface area contributed by atoms with Crippen molar-refractivity contribution < 1.29 is 19.5 Å². The molecule has 0 heterocycles. The van der Waals surface area contributed by atoms with Crippen molar-refractivity contribution in [2.24, 2.45) is 0 Å². The normalized spacial score (nSPS) is 14.3. The van der Waals surface area contributed by atoms with Gasteiger partial charge in [0.15, 0.2) is 0 Å². The molecular weight excluding hydrogens is 338 g/mol. The smallest absolute Gasteiger partial charge is 0.111 e. The van der Waals surface area contributed by atoms with Crippen molar-refractivity contribution in [3.63, 3.8) is 0 Å². The Morgan fingerprint density at radius 1 is 0.852 bits per heavy atom. The zero-order valence-corrected chi connectivity index (χ0v) is 18.7. The van der Waals surface area contributed by atoms with Crippen LogP contribution in [0.2, 0.25) is 0 Å². The predicted molar refractivity (Wildman–Crippen MR) is 112 cm³/mol. The van der Waals surface area contributed by atoms with Crippen LogP contribution in [0.1, 0.15) is 110 Å². The Morgan fingerprint density at radius 3 is 1.74 bits per heavy atom. The van der Waals surface area contributed by atoms with Crippen LogP contribution in [0, 0.1) is 0 Å². The summed E-state index contributed by atoms with van der Waals surface area (Å²) in [4.78, 5) is 10.5. The summed E-state index contributed by atoms with van der Waals surface area (Å²) in [5.41, 5.74) is -0.677. The van der Waals surface area contributed by atoms with Gasteiger partial charge in [0, 0.05) is 12.4 Å². The first kappa shape index (κ1) is 26.4. The van der Waals surface area contributed by atoms with E-state index in [1.165, 1.54) is 70.6 Å². The average molecular weight is 386 g/mol. The van der Waals surface area contributed by atoms with E-state index in [-0.39, 0.29) is 6.42 Å². The molecule has 27 heavy (non-hydrogen) atoms. The maximum absolute atomic E-state index is 10.7. The molecule has 0 bridgehead atoms. The lowest BCUT2D eigenvalue weighted by Gasteiger charge is -2.36. The highest BCUT2D eigenvalue weighted by molar-refractivity contribution is 5.64. The molecule has 1 N–H and O–H groups in total. The largest absolute Gasteiger partial charge is 0.550 e. The first-order valence-corrected chi connectivity index (χ1v) is 11.4. The Kier molecular flexibility index (Phi) is 15.0. The summed E-state index contributed by atoms with van der Waals surface area (Å²) in [6.07, 6.45) is 17.4. The molecule has 0 aromatic rings. The van der Waals surface area contributed by atoms with Gasteiger partial charge < -0.3 is 19.5 Å². The third kappa shape index (κ3) is 18.5. The minimum Gasteiger partial charge on any atom is -0.550 e. The Balaban J connectivity index is 3.64. The summed E-state index contributed by atoms with van der Waals surface area (Å²) in [5, 5.41) is 21.2. The number of aliphatic carboxylic acids is 1. The third-order valence-corrected chi connectivity index (χ3v) is 5.48. The van der Waals surface area contributed by atoms with Gasteiger partial charge in [0.25, 0.3) is 0 Å². The average Bonchev–Trinajstić information content (AvgIpc) is 2.54. The van der Waals surface area contributed by atoms with Gasteiger partial charge in [-0.1, -0.05) is 84.0 Å². The lowest BCUT2D eigenvalue weighted by molar-refractivity contribution is -0.896. The fraction of sp³-hybridized carbons (Fsp3) is 0.957. The number of unbranched alkanes of at least 4 members (excludes halogenated alkanes) is 11. The molecule has 0 aromatic carbocycles. The van der Waals surface area contributed by atoms with Crippen molar-refractivity contribution in [2.45, 2.75) is 116 Å². The van der Waals surface area contributed by atoms with Crippen molar-refractivity contribution >= 4 is 5.97 Å². The SMILES string of the molecule is CCCCCCCCCCCCCCC(C)(O)C[N+](C)(C)CCCC(=O)[O-]. The number of likely N-dealkylation sites (N-methyl/N-ethyl adjacent to an activating group) is 1. The van der Waals surface area contributed by atoms with Gasteiger partial charge in [0.05, 0.1) is 20.6 Å². The van der Waals surface area contributed by atoms with Crippen molar-refractivity contribution in [1.29, 1.82) is 0 Å². The molecule has 0 saturated heterocycles. The van der Waals surface area contributed by atoms with Crippen LogP contribution in [0.4, 0.5) is 0 Å². The van der Waals surface area contributed by atoms with Gasteiger partial charge >= 0.3 is 0 Å². The van der Waals surface area contributed by atoms with E-state index >= 15 is 0 Å². The van der Waals surface area contributed by atoms with E-state index in [9.17, 15) is 15.0 Å². The van der Waals surface area contributed by atoms with Crippen LogP contribution in [0.3, 0.4) is 0 Å². The van der Waals surface area contributed by atoms with E-state index in [2.05, 4.69) is 21.0 Å². The van der Waals surface area contributed by atoms with Crippen LogP contribution in [0.15, 0.2) is 0 Å². The Morgan fingerprint density at radius 2 is 1.30 bits per heavy atom. The zero-order valence-electron chi connectivity index (χ0n) is 18.7. The monoisotopic (exact) mass is 385 g/mol. The molecule has 1 unspecified atom stereocenters. The Labute approximate surface area is 168 Å². The summed E-state index contributed by atoms with van der Waals surface area (Å²) in [5.74, 6) is -0.988. The predicted octanol–water partition coefficient (Wildman–Crippen LogP) is 4.44. The maximum Gasteiger partial charge on any atom is 0.111 e. The molecule has 0 rings (SSSR count). The molecule has 0 aliphatic rings. The molecule has 4 heteroatoms. The fourth-order valence-corrected chi connectivity index (χ4v) is 4.08. The highest BCUT2D eigenvalue weighted by atomic mass is 16.4. The van der Waals surface area contributed by atoms with E-state index in [0.29, 0.717) is 17.4 Å². The van der Waals surface area contributed by atoms with Gasteiger partial charge in [-0.3, -0.25) is 0 Å². The quantitative estimate of drug-likeness (QED) is 0.264. The summed E-state index contributed by atoms with van der Waals surface area (Å²) in [6.45, 7) is 5.60. The molecule has 0 aromatic heterocycles. The number of rotatable bonds is 19. The van der Waals surface area contributed by atoms with E-state index in [4.69, 9.17) is 0 Å². The number of carbonyl (C=O) groups is 1. The molecule has 0 spiro atoms. The van der Waals surface area contributed by atoms with Crippen LogP contribution < -0.4 is 5.11 Å². The van der Waals surface area contributed by atoms with Gasteiger partial charge in [-0.05, 0) is 19.8 Å². The molecule has 0 fully saturated rings. The number of quaternary nitrogens is 1. The van der Waals surface area contributed by atoms with Crippen molar-refractivity contribution in [2.75, 3.05) is 27.2 Å². The number of aliphatic hydroxyl groups is 1. The van der Waals surface area contributed by atoms with Gasteiger partial charge in [-0.2, -0.15) is 0 Å². The number of nitrogens with zero attached hydrogens (tertiary/aromatic N) is 1. The van der Waals surface area contributed by atoms with Crippen LogP contribution >= 0.6 is 0 Å². The van der Waals surface area contributed by atoms with E-state index in [1.54, 1.807) is 0 Å². The topological polar surface area (TPSA) is 60.4 Å². The molecule has 0 radical (unpaired) electrons. The Hall–Kier alpha value is -0.610. The molecule has 4 nitrogen and oxygen atoms in total. The number of carboxylic acid groups (broad SMARTS) is 1. The lowest BCUT2D eigenvalue weighted by Crippen LogP contribution is -2.51. The maximum atomic E-state index is 10.7. The molecule has 1 atom stereocenters. The van der Waals surface area contributed by atoms with Crippen LogP contribution in [-0.4, -0.2) is 48.3 Å². The molecular formula is C23H47NO3. The molecule has 0 aliphatic carbocycles. The van der Waals surface area contributed by atoms with Crippen molar-refractivity contribution in [3.8, 4) is 0 Å². The Bertz CT molecular complexity index is 367. The zero-order chi connectivity index (χ0) is 20.6. The number of carboxylic acids is 1. The highest BCUT2D eigenvalue weighted by Crippen LogP contribution is 2.20. The first-order valence-electron chi connectivity index (χ1n) is 11.4. The van der Waals surface area contributed by atoms with Gasteiger partial charge in [0.2, 0.25) is 0 Å².